The number of imidazole rings is 1. The van der Waals surface area contributed by atoms with Crippen LogP contribution in [0.3, 0.4) is 0 Å². The quantitative estimate of drug-likeness (QED) is 0.468. The first kappa shape index (κ1) is 20.2. The monoisotopic (exact) mass is 418 g/mol. The van der Waals surface area contributed by atoms with Crippen molar-refractivity contribution < 1.29 is 19.1 Å². The summed E-state index contributed by atoms with van der Waals surface area (Å²) in [5.41, 5.74) is 3.26. The number of para-hydroxylation sites is 2. The number of hydrogen-bond acceptors (Lipinski definition) is 5. The average Bonchev–Trinajstić information content (AvgIpc) is 3.42. The number of aryl methyl sites for hydroxylation is 1. The van der Waals surface area contributed by atoms with Crippen molar-refractivity contribution in [2.75, 3.05) is 7.11 Å². The van der Waals surface area contributed by atoms with E-state index in [1.54, 1.807) is 30.7 Å². The van der Waals surface area contributed by atoms with Crippen LogP contribution in [0.1, 0.15) is 5.56 Å². The minimum absolute atomic E-state index is 0.268. The summed E-state index contributed by atoms with van der Waals surface area (Å²) in [5, 5.41) is 3.65. The molecule has 0 unspecified atom stereocenters. The van der Waals surface area contributed by atoms with Crippen molar-refractivity contribution in [2.45, 2.75) is 12.5 Å². The van der Waals surface area contributed by atoms with Crippen LogP contribution in [0.15, 0.2) is 67.3 Å². The summed E-state index contributed by atoms with van der Waals surface area (Å²) in [5.74, 6) is -0.216. The van der Waals surface area contributed by atoms with Crippen LogP contribution in [0, 0.1) is 0 Å². The first-order chi connectivity index (χ1) is 15.1. The van der Waals surface area contributed by atoms with Gasteiger partial charge in [0.1, 0.15) is 11.8 Å². The number of rotatable bonds is 6. The van der Waals surface area contributed by atoms with Gasteiger partial charge in [-0.05, 0) is 23.8 Å². The van der Waals surface area contributed by atoms with Crippen molar-refractivity contribution in [3.05, 3.63) is 72.8 Å². The second-order valence-corrected chi connectivity index (χ2v) is 7.05. The second kappa shape index (κ2) is 8.74. The van der Waals surface area contributed by atoms with Crippen LogP contribution in [0.25, 0.3) is 22.2 Å². The first-order valence-electron chi connectivity index (χ1n) is 9.74. The zero-order valence-electron chi connectivity index (χ0n) is 17.2. The van der Waals surface area contributed by atoms with Crippen LogP contribution in [-0.4, -0.2) is 39.7 Å². The van der Waals surface area contributed by atoms with E-state index in [0.717, 1.165) is 16.5 Å². The molecule has 8 nitrogen and oxygen atoms in total. The van der Waals surface area contributed by atoms with E-state index in [1.807, 2.05) is 48.1 Å². The standard InChI is InChI=1S/C23H22N4O4/c1-27-13-15(16-7-3-5-9-20(16)27)11-18(22(28)30-2)26-23(29)31-21-10-6-4-8-17(21)19-12-24-14-25-19/h3-10,12-14,18H,11H2,1-2H3,(H,24,25)(H,26,29)/t18-/m1/s1. The summed E-state index contributed by atoms with van der Waals surface area (Å²) in [6, 6.07) is 14.0. The Hall–Kier alpha value is -4.07. The van der Waals surface area contributed by atoms with E-state index in [1.165, 1.54) is 7.11 Å². The predicted octanol–water partition coefficient (Wildman–Crippen LogP) is 3.44. The fourth-order valence-corrected chi connectivity index (χ4v) is 3.59. The Morgan fingerprint density at radius 2 is 1.94 bits per heavy atom. The van der Waals surface area contributed by atoms with Gasteiger partial charge in [0.15, 0.2) is 0 Å². The molecule has 158 valence electrons. The number of esters is 1. The Labute approximate surface area is 178 Å². The summed E-state index contributed by atoms with van der Waals surface area (Å²) in [6.45, 7) is 0. The molecule has 31 heavy (non-hydrogen) atoms. The van der Waals surface area contributed by atoms with E-state index in [2.05, 4.69) is 15.3 Å². The van der Waals surface area contributed by atoms with Gasteiger partial charge in [-0.25, -0.2) is 14.6 Å². The van der Waals surface area contributed by atoms with Crippen molar-refractivity contribution in [2.24, 2.45) is 7.05 Å². The van der Waals surface area contributed by atoms with E-state index in [0.29, 0.717) is 17.0 Å². The summed E-state index contributed by atoms with van der Waals surface area (Å²) in [7, 11) is 3.23. The maximum atomic E-state index is 12.6. The molecule has 8 heteroatoms. The third kappa shape index (κ3) is 4.28. The van der Waals surface area contributed by atoms with Gasteiger partial charge in [0.05, 0.1) is 19.1 Å². The smallest absolute Gasteiger partial charge is 0.413 e. The number of ether oxygens (including phenoxy) is 2. The van der Waals surface area contributed by atoms with Gasteiger partial charge in [0.2, 0.25) is 0 Å². The molecule has 2 aromatic carbocycles. The van der Waals surface area contributed by atoms with Crippen LogP contribution >= 0.6 is 0 Å². The summed E-state index contributed by atoms with van der Waals surface area (Å²) in [4.78, 5) is 32.1. The number of fused-ring (bicyclic) bond motifs is 1. The van der Waals surface area contributed by atoms with E-state index in [4.69, 9.17) is 9.47 Å². The number of methoxy groups -OCH3 is 1. The number of amides is 1. The van der Waals surface area contributed by atoms with Crippen molar-refractivity contribution in [1.29, 1.82) is 0 Å². The van der Waals surface area contributed by atoms with Crippen LogP contribution in [0.4, 0.5) is 4.79 Å². The number of carbonyl (C=O) groups is 2. The normalized spacial score (nSPS) is 11.8. The van der Waals surface area contributed by atoms with Gasteiger partial charge in [-0.1, -0.05) is 30.3 Å². The number of hydrogen-bond donors (Lipinski definition) is 2. The lowest BCUT2D eigenvalue weighted by Crippen LogP contribution is -2.44. The molecule has 0 radical (unpaired) electrons. The minimum Gasteiger partial charge on any atom is -0.467 e. The average molecular weight is 418 g/mol. The van der Waals surface area contributed by atoms with Gasteiger partial charge in [-0.3, -0.25) is 0 Å². The largest absolute Gasteiger partial charge is 0.467 e. The van der Waals surface area contributed by atoms with E-state index in [-0.39, 0.29) is 6.42 Å². The Bertz CT molecular complexity index is 1210. The molecule has 0 fully saturated rings. The highest BCUT2D eigenvalue weighted by atomic mass is 16.6. The third-order valence-corrected chi connectivity index (χ3v) is 5.05. The molecule has 0 aliphatic rings. The molecule has 0 aliphatic carbocycles. The number of nitrogens with one attached hydrogen (secondary N) is 2. The van der Waals surface area contributed by atoms with Crippen molar-refractivity contribution in [1.82, 2.24) is 19.9 Å². The van der Waals surface area contributed by atoms with Gasteiger partial charge < -0.3 is 24.3 Å². The third-order valence-electron chi connectivity index (χ3n) is 5.05. The fourth-order valence-electron chi connectivity index (χ4n) is 3.59. The lowest BCUT2D eigenvalue weighted by molar-refractivity contribution is -0.142. The number of nitrogens with zero attached hydrogens (tertiary/aromatic N) is 2. The van der Waals surface area contributed by atoms with Gasteiger partial charge in [-0.2, -0.15) is 0 Å². The Morgan fingerprint density at radius 3 is 2.71 bits per heavy atom. The molecular formula is C23H22N4O4. The lowest BCUT2D eigenvalue weighted by Gasteiger charge is -2.17. The zero-order valence-corrected chi connectivity index (χ0v) is 17.2. The number of carbonyl (C=O) groups excluding carboxylic acids is 2. The maximum Gasteiger partial charge on any atom is 0.413 e. The molecule has 2 N–H and O–H groups in total. The lowest BCUT2D eigenvalue weighted by atomic mass is 10.1. The molecule has 0 aliphatic heterocycles. The molecule has 0 bridgehead atoms. The van der Waals surface area contributed by atoms with E-state index < -0.39 is 18.1 Å². The number of aromatic amines is 1. The molecule has 2 heterocycles. The first-order valence-corrected chi connectivity index (χ1v) is 9.74. The van der Waals surface area contributed by atoms with Crippen molar-refractivity contribution in [3.63, 3.8) is 0 Å². The maximum absolute atomic E-state index is 12.6. The number of aromatic nitrogens is 3. The van der Waals surface area contributed by atoms with Gasteiger partial charge in [0, 0.05) is 42.3 Å². The van der Waals surface area contributed by atoms with Crippen LogP contribution < -0.4 is 10.1 Å². The second-order valence-electron chi connectivity index (χ2n) is 7.05. The summed E-state index contributed by atoms with van der Waals surface area (Å²) >= 11 is 0. The number of benzene rings is 2. The molecule has 0 spiro atoms. The molecule has 1 amide bonds. The topological polar surface area (TPSA) is 98.2 Å². The van der Waals surface area contributed by atoms with Crippen LogP contribution in [0.2, 0.25) is 0 Å². The Kier molecular flexibility index (Phi) is 5.70. The molecule has 4 aromatic rings. The molecular weight excluding hydrogens is 396 g/mol. The Balaban J connectivity index is 1.54. The zero-order chi connectivity index (χ0) is 21.8. The van der Waals surface area contributed by atoms with Crippen LogP contribution in [-0.2, 0) is 23.0 Å². The molecule has 0 saturated heterocycles. The highest BCUT2D eigenvalue weighted by Gasteiger charge is 2.25. The minimum atomic E-state index is -0.902. The van der Waals surface area contributed by atoms with Gasteiger partial charge in [-0.15, -0.1) is 0 Å². The van der Waals surface area contributed by atoms with Gasteiger partial charge >= 0.3 is 12.1 Å². The molecule has 2 aromatic heterocycles. The summed E-state index contributed by atoms with van der Waals surface area (Å²) < 4.78 is 12.4. The highest BCUT2D eigenvalue weighted by Crippen LogP contribution is 2.28. The van der Waals surface area contributed by atoms with E-state index in [9.17, 15) is 9.59 Å². The van der Waals surface area contributed by atoms with E-state index >= 15 is 0 Å². The SMILES string of the molecule is COC(=O)[C@@H](Cc1cn(C)c2ccccc12)NC(=O)Oc1ccccc1-c1c[nH]cn1. The molecule has 4 rings (SSSR count). The predicted molar refractivity (Wildman–Crippen MR) is 116 cm³/mol. The van der Waals surface area contributed by atoms with Gasteiger partial charge in [0.25, 0.3) is 0 Å². The fraction of sp³-hybridized carbons (Fsp3) is 0.174. The van der Waals surface area contributed by atoms with Crippen molar-refractivity contribution >= 4 is 23.0 Å². The highest BCUT2D eigenvalue weighted by molar-refractivity contribution is 5.87. The molecule has 1 atom stereocenters. The summed E-state index contributed by atoms with van der Waals surface area (Å²) in [6.07, 6.45) is 4.71. The number of H-pyrrole nitrogens is 1. The molecule has 0 saturated carbocycles. The van der Waals surface area contributed by atoms with Crippen LogP contribution in [0.5, 0.6) is 5.75 Å². The Morgan fingerprint density at radius 1 is 1.16 bits per heavy atom. The van der Waals surface area contributed by atoms with Crippen molar-refractivity contribution in [3.8, 4) is 17.0 Å².